The van der Waals surface area contributed by atoms with E-state index in [1.807, 2.05) is 13.8 Å². The molecule has 0 aromatic carbocycles. The van der Waals surface area contributed by atoms with Gasteiger partial charge in [0.25, 0.3) is 0 Å². The van der Waals surface area contributed by atoms with Crippen LogP contribution in [0.5, 0.6) is 0 Å². The molecule has 1 aromatic heterocycles. The summed E-state index contributed by atoms with van der Waals surface area (Å²) >= 11 is 0. The summed E-state index contributed by atoms with van der Waals surface area (Å²) in [5.41, 5.74) is 1.98. The predicted octanol–water partition coefficient (Wildman–Crippen LogP) is 2.28. The van der Waals surface area contributed by atoms with Crippen LogP contribution in [-0.4, -0.2) is 59.8 Å². The molecule has 0 bridgehead atoms. The molecular formula is C18H29N3O3. The van der Waals surface area contributed by atoms with Gasteiger partial charge in [-0.2, -0.15) is 0 Å². The van der Waals surface area contributed by atoms with Crippen LogP contribution >= 0.6 is 0 Å². The fourth-order valence-electron chi connectivity index (χ4n) is 4.21. The van der Waals surface area contributed by atoms with Crippen molar-refractivity contribution in [3.05, 3.63) is 17.0 Å². The van der Waals surface area contributed by atoms with E-state index in [0.717, 1.165) is 68.9 Å². The molecule has 1 aromatic rings. The topological polar surface area (TPSA) is 58.8 Å². The van der Waals surface area contributed by atoms with Crippen LogP contribution in [-0.2, 0) is 16.1 Å². The second-order valence-electron chi connectivity index (χ2n) is 7.19. The first kappa shape index (κ1) is 17.4. The Morgan fingerprint density at radius 1 is 1.25 bits per heavy atom. The van der Waals surface area contributed by atoms with Gasteiger partial charge >= 0.3 is 0 Å². The van der Waals surface area contributed by atoms with Crippen LogP contribution in [0.1, 0.15) is 49.1 Å². The largest absolute Gasteiger partial charge is 0.383 e. The summed E-state index contributed by atoms with van der Waals surface area (Å²) in [5.74, 6) is 1.11. The third kappa shape index (κ3) is 3.35. The molecule has 2 aliphatic rings. The predicted molar refractivity (Wildman–Crippen MR) is 90.7 cm³/mol. The van der Waals surface area contributed by atoms with Crippen molar-refractivity contribution in [3.63, 3.8) is 0 Å². The standard InChI is InChI=1S/C18H29N3O3/c1-14-16(15(2)24-19-14)13-21-17(22)5-7-18(21)6-4-9-20(10-8-18)11-12-23-3/h4-13H2,1-3H3/t18-/m0/s1. The summed E-state index contributed by atoms with van der Waals surface area (Å²) in [6.45, 7) is 8.41. The molecule has 2 saturated heterocycles. The van der Waals surface area contributed by atoms with Crippen LogP contribution < -0.4 is 0 Å². The molecule has 134 valence electrons. The zero-order valence-corrected chi connectivity index (χ0v) is 15.1. The van der Waals surface area contributed by atoms with Gasteiger partial charge in [0.1, 0.15) is 5.76 Å². The van der Waals surface area contributed by atoms with E-state index >= 15 is 0 Å². The number of hydrogen-bond donors (Lipinski definition) is 0. The minimum absolute atomic E-state index is 0.00898. The van der Waals surface area contributed by atoms with E-state index in [1.54, 1.807) is 7.11 Å². The maximum atomic E-state index is 12.6. The maximum absolute atomic E-state index is 12.6. The zero-order chi connectivity index (χ0) is 17.2. The summed E-state index contributed by atoms with van der Waals surface area (Å²) in [5, 5.41) is 4.05. The molecule has 1 spiro atoms. The van der Waals surface area contributed by atoms with Crippen molar-refractivity contribution in [1.82, 2.24) is 15.0 Å². The Hall–Kier alpha value is -1.40. The Labute approximate surface area is 144 Å². The van der Waals surface area contributed by atoms with Gasteiger partial charge in [0.2, 0.25) is 5.91 Å². The fourth-order valence-corrected chi connectivity index (χ4v) is 4.21. The molecule has 6 nitrogen and oxygen atoms in total. The first-order valence-corrected chi connectivity index (χ1v) is 8.99. The number of likely N-dealkylation sites (tertiary alicyclic amines) is 2. The second-order valence-corrected chi connectivity index (χ2v) is 7.19. The molecule has 0 N–H and O–H groups in total. The average Bonchev–Trinajstić information content (AvgIpc) is 2.95. The Bertz CT molecular complexity index is 567. The second kappa shape index (κ2) is 7.23. The average molecular weight is 335 g/mol. The molecule has 24 heavy (non-hydrogen) atoms. The molecule has 0 aliphatic carbocycles. The number of carbonyl (C=O) groups excluding carboxylic acids is 1. The number of rotatable bonds is 5. The van der Waals surface area contributed by atoms with E-state index in [9.17, 15) is 4.79 Å². The maximum Gasteiger partial charge on any atom is 0.223 e. The van der Waals surface area contributed by atoms with Crippen molar-refractivity contribution < 1.29 is 14.1 Å². The molecule has 1 amide bonds. The number of aromatic nitrogens is 1. The summed E-state index contributed by atoms with van der Waals surface area (Å²) in [7, 11) is 1.75. The summed E-state index contributed by atoms with van der Waals surface area (Å²) in [6.07, 6.45) is 4.92. The lowest BCUT2D eigenvalue weighted by molar-refractivity contribution is -0.132. The van der Waals surface area contributed by atoms with Crippen LogP contribution in [0.2, 0.25) is 0 Å². The Morgan fingerprint density at radius 3 is 2.79 bits per heavy atom. The van der Waals surface area contributed by atoms with Gasteiger partial charge in [0, 0.05) is 37.7 Å². The lowest BCUT2D eigenvalue weighted by Gasteiger charge is -2.38. The fraction of sp³-hybridized carbons (Fsp3) is 0.778. The van der Waals surface area contributed by atoms with Gasteiger partial charge in [-0.1, -0.05) is 5.16 Å². The van der Waals surface area contributed by atoms with Crippen molar-refractivity contribution in [3.8, 4) is 0 Å². The smallest absolute Gasteiger partial charge is 0.223 e. The van der Waals surface area contributed by atoms with E-state index in [1.165, 1.54) is 0 Å². The van der Waals surface area contributed by atoms with Crippen LogP contribution in [0.15, 0.2) is 4.52 Å². The highest BCUT2D eigenvalue weighted by atomic mass is 16.5. The molecule has 2 fully saturated rings. The molecule has 0 unspecified atom stereocenters. The normalized spacial score (nSPS) is 25.6. The SMILES string of the molecule is COCCN1CCC[C@]2(CCC(=O)N2Cc2c(C)noc2C)CC1. The first-order valence-electron chi connectivity index (χ1n) is 8.99. The van der Waals surface area contributed by atoms with Crippen molar-refractivity contribution in [2.45, 2.75) is 58.0 Å². The van der Waals surface area contributed by atoms with Gasteiger partial charge in [0.05, 0.1) is 18.8 Å². The third-order valence-electron chi connectivity index (χ3n) is 5.80. The number of nitrogens with zero attached hydrogens (tertiary/aromatic N) is 3. The first-order chi connectivity index (χ1) is 11.6. The van der Waals surface area contributed by atoms with Crippen molar-refractivity contribution in [1.29, 1.82) is 0 Å². The van der Waals surface area contributed by atoms with Gasteiger partial charge in [-0.05, 0) is 46.1 Å². The molecule has 2 aliphatic heterocycles. The van der Waals surface area contributed by atoms with Crippen molar-refractivity contribution >= 4 is 5.91 Å². The number of methoxy groups -OCH3 is 1. The van der Waals surface area contributed by atoms with Gasteiger partial charge in [-0.3, -0.25) is 4.79 Å². The molecule has 6 heteroatoms. The Morgan fingerprint density at radius 2 is 2.08 bits per heavy atom. The molecule has 3 rings (SSSR count). The number of ether oxygens (including phenoxy) is 1. The Balaban J connectivity index is 1.74. The molecule has 3 heterocycles. The van der Waals surface area contributed by atoms with Crippen molar-refractivity contribution in [2.75, 3.05) is 33.4 Å². The lowest BCUT2D eigenvalue weighted by atomic mass is 9.87. The van der Waals surface area contributed by atoms with E-state index in [0.29, 0.717) is 13.0 Å². The van der Waals surface area contributed by atoms with Crippen LogP contribution in [0.25, 0.3) is 0 Å². The summed E-state index contributed by atoms with van der Waals surface area (Å²) < 4.78 is 10.5. The van der Waals surface area contributed by atoms with E-state index in [2.05, 4.69) is 15.0 Å². The zero-order valence-electron chi connectivity index (χ0n) is 15.1. The monoisotopic (exact) mass is 335 g/mol. The minimum Gasteiger partial charge on any atom is -0.383 e. The van der Waals surface area contributed by atoms with Crippen molar-refractivity contribution in [2.24, 2.45) is 0 Å². The van der Waals surface area contributed by atoms with E-state index in [4.69, 9.17) is 9.26 Å². The third-order valence-corrected chi connectivity index (χ3v) is 5.80. The van der Waals surface area contributed by atoms with Gasteiger partial charge in [-0.25, -0.2) is 0 Å². The molecule has 0 saturated carbocycles. The minimum atomic E-state index is 0.00898. The number of aryl methyl sites for hydroxylation is 2. The number of carbonyl (C=O) groups is 1. The van der Waals surface area contributed by atoms with Crippen LogP contribution in [0.4, 0.5) is 0 Å². The van der Waals surface area contributed by atoms with Crippen LogP contribution in [0, 0.1) is 13.8 Å². The molecule has 1 atom stereocenters. The summed E-state index contributed by atoms with van der Waals surface area (Å²) in [6, 6.07) is 0. The highest BCUT2D eigenvalue weighted by molar-refractivity contribution is 5.79. The van der Waals surface area contributed by atoms with E-state index < -0.39 is 0 Å². The Kier molecular flexibility index (Phi) is 5.25. The van der Waals surface area contributed by atoms with Gasteiger partial charge in [0.15, 0.2) is 0 Å². The quantitative estimate of drug-likeness (QED) is 0.826. The van der Waals surface area contributed by atoms with E-state index in [-0.39, 0.29) is 11.4 Å². The molecule has 0 radical (unpaired) electrons. The van der Waals surface area contributed by atoms with Gasteiger partial charge in [-0.15, -0.1) is 0 Å². The molecular weight excluding hydrogens is 306 g/mol. The number of amides is 1. The lowest BCUT2D eigenvalue weighted by Crippen LogP contribution is -2.46. The van der Waals surface area contributed by atoms with Gasteiger partial charge < -0.3 is 19.1 Å². The number of hydrogen-bond acceptors (Lipinski definition) is 5. The summed E-state index contributed by atoms with van der Waals surface area (Å²) in [4.78, 5) is 17.2. The van der Waals surface area contributed by atoms with Crippen LogP contribution in [0.3, 0.4) is 0 Å². The highest BCUT2D eigenvalue weighted by Gasteiger charge is 2.45. The highest BCUT2D eigenvalue weighted by Crippen LogP contribution is 2.40.